The van der Waals surface area contributed by atoms with Crippen molar-refractivity contribution in [3.05, 3.63) is 93.8 Å². The van der Waals surface area contributed by atoms with Crippen LogP contribution in [0.2, 0.25) is 0 Å². The van der Waals surface area contributed by atoms with Crippen LogP contribution in [0.5, 0.6) is 5.75 Å². The number of aromatic hydroxyl groups is 1. The highest BCUT2D eigenvalue weighted by molar-refractivity contribution is 5.30. The Bertz CT molecular complexity index is 889. The molecular weight excluding hydrogens is 316 g/mol. The van der Waals surface area contributed by atoms with Crippen molar-refractivity contribution in [2.75, 3.05) is 7.05 Å². The number of benzene rings is 1. The Morgan fingerprint density at radius 2 is 1.96 bits per heavy atom. The molecule has 1 atom stereocenters. The predicted octanol–water partition coefficient (Wildman–Crippen LogP) is 3.27. The minimum atomic E-state index is -0.445. The first kappa shape index (κ1) is 16.9. The Kier molecular flexibility index (Phi) is 4.95. The lowest BCUT2D eigenvalue weighted by Crippen LogP contribution is -2.26. The van der Waals surface area contributed by atoms with Gasteiger partial charge in [0.1, 0.15) is 12.0 Å². The smallest absolute Gasteiger partial charge is 0.226 e. The molecule has 1 N–H and O–H groups in total. The Labute approximate surface area is 146 Å². The summed E-state index contributed by atoms with van der Waals surface area (Å²) < 4.78 is 5.34. The molecule has 0 spiro atoms. The molecule has 3 aromatic rings. The standard InChI is InChI=1S/C20H20N2O3/c1-14-6-8-15(9-7-14)20(17-5-3-4-10-21-17)22(2)12-16-11-18(23)19(24)13-25-16/h3-11,13,20,24H,12H2,1-2H3. The molecule has 2 aromatic heterocycles. The quantitative estimate of drug-likeness (QED) is 0.774. The second-order valence-corrected chi connectivity index (χ2v) is 6.08. The largest absolute Gasteiger partial charge is 0.502 e. The van der Waals surface area contributed by atoms with Crippen LogP contribution in [0.4, 0.5) is 0 Å². The highest BCUT2D eigenvalue weighted by atomic mass is 16.4. The van der Waals surface area contributed by atoms with Crippen molar-refractivity contribution in [3.63, 3.8) is 0 Å². The van der Waals surface area contributed by atoms with Gasteiger partial charge in [0, 0.05) is 12.3 Å². The van der Waals surface area contributed by atoms with Gasteiger partial charge in [0.2, 0.25) is 5.43 Å². The van der Waals surface area contributed by atoms with Crippen molar-refractivity contribution in [1.29, 1.82) is 0 Å². The molecule has 0 aliphatic heterocycles. The van der Waals surface area contributed by atoms with Gasteiger partial charge >= 0.3 is 0 Å². The molecule has 25 heavy (non-hydrogen) atoms. The molecule has 5 nitrogen and oxygen atoms in total. The van der Waals surface area contributed by atoms with Gasteiger partial charge in [-0.2, -0.15) is 0 Å². The fourth-order valence-corrected chi connectivity index (χ4v) is 2.80. The Morgan fingerprint density at radius 1 is 1.20 bits per heavy atom. The fourth-order valence-electron chi connectivity index (χ4n) is 2.80. The molecule has 2 heterocycles. The zero-order valence-electron chi connectivity index (χ0n) is 14.2. The van der Waals surface area contributed by atoms with Crippen LogP contribution < -0.4 is 5.43 Å². The third-order valence-corrected chi connectivity index (χ3v) is 4.07. The number of hydrogen-bond donors (Lipinski definition) is 1. The zero-order valence-corrected chi connectivity index (χ0v) is 14.2. The van der Waals surface area contributed by atoms with Crippen molar-refractivity contribution in [2.45, 2.75) is 19.5 Å². The maximum Gasteiger partial charge on any atom is 0.226 e. The lowest BCUT2D eigenvalue weighted by atomic mass is 10.0. The highest BCUT2D eigenvalue weighted by Gasteiger charge is 2.21. The number of aromatic nitrogens is 1. The summed E-state index contributed by atoms with van der Waals surface area (Å²) in [4.78, 5) is 18.2. The summed E-state index contributed by atoms with van der Waals surface area (Å²) in [6, 6.07) is 15.4. The van der Waals surface area contributed by atoms with E-state index >= 15 is 0 Å². The van der Waals surface area contributed by atoms with Gasteiger partial charge in [-0.25, -0.2) is 0 Å². The fraction of sp³-hybridized carbons (Fsp3) is 0.200. The van der Waals surface area contributed by atoms with E-state index in [2.05, 4.69) is 34.1 Å². The first-order valence-corrected chi connectivity index (χ1v) is 8.03. The summed E-state index contributed by atoms with van der Waals surface area (Å²) in [5.74, 6) is 0.101. The van der Waals surface area contributed by atoms with Gasteiger partial charge in [-0.05, 0) is 31.7 Å². The van der Waals surface area contributed by atoms with Gasteiger partial charge in [-0.1, -0.05) is 35.9 Å². The van der Waals surface area contributed by atoms with Gasteiger partial charge in [-0.3, -0.25) is 14.7 Å². The average molecular weight is 336 g/mol. The zero-order chi connectivity index (χ0) is 17.8. The monoisotopic (exact) mass is 336 g/mol. The SMILES string of the molecule is Cc1ccc(C(c2ccccn2)N(C)Cc2cc(=O)c(O)co2)cc1. The number of aryl methyl sites for hydroxylation is 1. The van der Waals surface area contributed by atoms with Crippen molar-refractivity contribution in [1.82, 2.24) is 9.88 Å². The molecule has 5 heteroatoms. The average Bonchev–Trinajstić information content (AvgIpc) is 2.61. The predicted molar refractivity (Wildman–Crippen MR) is 95.4 cm³/mol. The molecule has 0 saturated carbocycles. The third-order valence-electron chi connectivity index (χ3n) is 4.07. The molecule has 0 fully saturated rings. The first-order valence-electron chi connectivity index (χ1n) is 8.03. The molecule has 0 radical (unpaired) electrons. The Morgan fingerprint density at radius 3 is 2.60 bits per heavy atom. The van der Waals surface area contributed by atoms with E-state index < -0.39 is 5.43 Å². The topological polar surface area (TPSA) is 66.6 Å². The number of nitrogens with zero attached hydrogens (tertiary/aromatic N) is 2. The molecule has 0 saturated heterocycles. The summed E-state index contributed by atoms with van der Waals surface area (Å²) in [6.07, 6.45) is 2.85. The lowest BCUT2D eigenvalue weighted by Gasteiger charge is -2.27. The van der Waals surface area contributed by atoms with Crippen molar-refractivity contribution in [2.24, 2.45) is 0 Å². The van der Waals surface area contributed by atoms with Gasteiger partial charge in [0.15, 0.2) is 5.75 Å². The van der Waals surface area contributed by atoms with E-state index in [0.29, 0.717) is 12.3 Å². The van der Waals surface area contributed by atoms with E-state index in [1.807, 2.05) is 32.2 Å². The van der Waals surface area contributed by atoms with E-state index in [1.54, 1.807) is 6.20 Å². The minimum Gasteiger partial charge on any atom is -0.502 e. The van der Waals surface area contributed by atoms with E-state index in [0.717, 1.165) is 17.5 Å². The maximum absolute atomic E-state index is 11.6. The lowest BCUT2D eigenvalue weighted by molar-refractivity contribution is 0.239. The van der Waals surface area contributed by atoms with Crippen LogP contribution in [0.25, 0.3) is 0 Å². The normalized spacial score (nSPS) is 12.3. The highest BCUT2D eigenvalue weighted by Crippen LogP contribution is 2.27. The summed E-state index contributed by atoms with van der Waals surface area (Å²) in [6.45, 7) is 2.46. The van der Waals surface area contributed by atoms with Crippen LogP contribution in [-0.2, 0) is 6.54 Å². The first-order chi connectivity index (χ1) is 12.0. The van der Waals surface area contributed by atoms with Crippen LogP contribution in [-0.4, -0.2) is 22.0 Å². The van der Waals surface area contributed by atoms with Gasteiger partial charge in [0.05, 0.1) is 18.3 Å². The van der Waals surface area contributed by atoms with E-state index in [9.17, 15) is 9.90 Å². The third kappa shape index (κ3) is 3.95. The summed E-state index contributed by atoms with van der Waals surface area (Å²) >= 11 is 0. The molecular formula is C20H20N2O3. The van der Waals surface area contributed by atoms with Gasteiger partial charge < -0.3 is 9.52 Å². The molecule has 1 unspecified atom stereocenters. The summed E-state index contributed by atoms with van der Waals surface area (Å²) in [7, 11) is 1.95. The van der Waals surface area contributed by atoms with Crippen LogP contribution in [0, 0.1) is 6.92 Å². The number of pyridine rings is 1. The number of rotatable bonds is 5. The van der Waals surface area contributed by atoms with E-state index in [1.165, 1.54) is 11.6 Å². The van der Waals surface area contributed by atoms with Crippen molar-refractivity contribution in [3.8, 4) is 5.75 Å². The molecule has 0 bridgehead atoms. The molecule has 128 valence electrons. The second kappa shape index (κ2) is 7.32. The molecule has 0 amide bonds. The van der Waals surface area contributed by atoms with Crippen molar-refractivity contribution < 1.29 is 9.52 Å². The molecule has 1 aromatic carbocycles. The minimum absolute atomic E-state index is 0.0825. The molecule has 0 aliphatic rings. The van der Waals surface area contributed by atoms with Crippen LogP contribution in [0.15, 0.2) is 70.2 Å². The van der Waals surface area contributed by atoms with E-state index in [-0.39, 0.29) is 11.8 Å². The van der Waals surface area contributed by atoms with Crippen molar-refractivity contribution >= 4 is 0 Å². The Hall–Kier alpha value is -2.92. The van der Waals surface area contributed by atoms with Crippen LogP contribution in [0.3, 0.4) is 0 Å². The molecule has 3 rings (SSSR count). The Balaban J connectivity index is 1.94. The van der Waals surface area contributed by atoms with Crippen LogP contribution in [0.1, 0.15) is 28.6 Å². The maximum atomic E-state index is 11.6. The van der Waals surface area contributed by atoms with Crippen LogP contribution >= 0.6 is 0 Å². The summed E-state index contributed by atoms with van der Waals surface area (Å²) in [5, 5.41) is 9.34. The summed E-state index contributed by atoms with van der Waals surface area (Å²) in [5.41, 5.74) is 2.76. The number of hydrogen-bond acceptors (Lipinski definition) is 5. The van der Waals surface area contributed by atoms with Gasteiger partial charge in [0.25, 0.3) is 0 Å². The van der Waals surface area contributed by atoms with E-state index in [4.69, 9.17) is 4.42 Å². The molecule has 0 aliphatic carbocycles. The van der Waals surface area contributed by atoms with Gasteiger partial charge in [-0.15, -0.1) is 0 Å². The second-order valence-electron chi connectivity index (χ2n) is 6.08.